The van der Waals surface area contributed by atoms with Crippen LogP contribution in [0.4, 0.5) is 0 Å². The molecule has 0 aliphatic rings. The molecule has 6 N–H and O–H groups in total. The number of hydrogen-bond acceptors (Lipinski definition) is 5. The first-order valence-electron chi connectivity index (χ1n) is 4.79. The van der Waals surface area contributed by atoms with Crippen molar-refractivity contribution in [3.8, 4) is 0 Å². The monoisotopic (exact) mass is 256 g/mol. The lowest BCUT2D eigenvalue weighted by Crippen LogP contribution is -2.36. The van der Waals surface area contributed by atoms with Gasteiger partial charge in [0.15, 0.2) is 0 Å². The molecule has 2 unspecified atom stereocenters. The number of carboxylic acid groups (broad SMARTS) is 1. The van der Waals surface area contributed by atoms with Gasteiger partial charge in [-0.25, -0.2) is 0 Å². The van der Waals surface area contributed by atoms with Crippen LogP contribution in [-0.4, -0.2) is 42.4 Å². The molecule has 7 nitrogen and oxygen atoms in total. The van der Waals surface area contributed by atoms with Crippen molar-refractivity contribution in [3.05, 3.63) is 0 Å². The minimum Gasteiger partial charge on any atom is -0.480 e. The van der Waals surface area contributed by atoms with E-state index in [1.807, 2.05) is 13.8 Å². The summed E-state index contributed by atoms with van der Waals surface area (Å²) in [5.74, 6) is -1.20. The van der Waals surface area contributed by atoms with Crippen LogP contribution in [0.1, 0.15) is 20.3 Å². The molecule has 0 aliphatic heterocycles. The molecule has 2 atom stereocenters. The summed E-state index contributed by atoms with van der Waals surface area (Å²) in [6.45, 7) is 3.73. The Morgan fingerprint density at radius 1 is 1.44 bits per heavy atom. The smallest absolute Gasteiger partial charge is 0.320 e. The first kappa shape index (κ1) is 17.7. The molecule has 0 rings (SSSR count). The maximum atomic E-state index is 10.2. The topological polar surface area (TPSA) is 144 Å². The first-order chi connectivity index (χ1) is 7.15. The van der Waals surface area contributed by atoms with Crippen molar-refractivity contribution in [1.29, 1.82) is 0 Å². The zero-order valence-corrected chi connectivity index (χ0v) is 10.3. The van der Waals surface area contributed by atoms with E-state index in [1.165, 1.54) is 0 Å². The van der Waals surface area contributed by atoms with Gasteiger partial charge < -0.3 is 16.6 Å². The minimum atomic E-state index is -3.80. The van der Waals surface area contributed by atoms with Crippen molar-refractivity contribution in [2.75, 3.05) is 12.3 Å². The van der Waals surface area contributed by atoms with E-state index in [0.29, 0.717) is 0 Å². The number of nitrogens with two attached hydrogens (primary N) is 2. The average Bonchev–Trinajstić information content (AvgIpc) is 2.14. The van der Waals surface area contributed by atoms with Crippen molar-refractivity contribution in [2.24, 2.45) is 17.4 Å². The lowest BCUT2D eigenvalue weighted by Gasteiger charge is -2.11. The van der Waals surface area contributed by atoms with E-state index in [0.717, 1.165) is 6.42 Å². The van der Waals surface area contributed by atoms with Crippen molar-refractivity contribution in [1.82, 2.24) is 0 Å². The highest BCUT2D eigenvalue weighted by molar-refractivity contribution is 7.85. The lowest BCUT2D eigenvalue weighted by molar-refractivity contribution is -0.139. The second kappa shape index (κ2) is 8.45. The van der Waals surface area contributed by atoms with E-state index in [4.69, 9.17) is 21.1 Å². The fourth-order valence-corrected chi connectivity index (χ4v) is 0.944. The Morgan fingerprint density at radius 3 is 1.94 bits per heavy atom. The summed E-state index contributed by atoms with van der Waals surface area (Å²) < 4.78 is 27.3. The van der Waals surface area contributed by atoms with Crippen molar-refractivity contribution in [3.63, 3.8) is 0 Å². The molecule has 0 aromatic heterocycles. The molecule has 0 aliphatic carbocycles. The minimum absolute atomic E-state index is 0.0289. The zero-order valence-electron chi connectivity index (χ0n) is 9.46. The Kier molecular flexibility index (Phi) is 9.34. The molecular weight excluding hydrogens is 236 g/mol. The molecule has 0 heterocycles. The summed E-state index contributed by atoms with van der Waals surface area (Å²) in [5, 5.41) is 8.36. The van der Waals surface area contributed by atoms with Crippen molar-refractivity contribution >= 4 is 16.1 Å². The van der Waals surface area contributed by atoms with Gasteiger partial charge in [-0.1, -0.05) is 20.3 Å². The third kappa shape index (κ3) is 11.4. The van der Waals surface area contributed by atoms with Gasteiger partial charge >= 0.3 is 5.97 Å². The largest absolute Gasteiger partial charge is 0.480 e. The van der Waals surface area contributed by atoms with Crippen LogP contribution >= 0.6 is 0 Å². The second-order valence-electron chi connectivity index (χ2n) is 3.32. The summed E-state index contributed by atoms with van der Waals surface area (Å²) in [6.07, 6.45) is 0.813. The fourth-order valence-electron chi connectivity index (χ4n) is 0.646. The van der Waals surface area contributed by atoms with Gasteiger partial charge in [0, 0.05) is 6.54 Å². The number of rotatable bonds is 5. The van der Waals surface area contributed by atoms with Gasteiger partial charge in [-0.2, -0.15) is 8.42 Å². The van der Waals surface area contributed by atoms with E-state index < -0.39 is 22.1 Å². The summed E-state index contributed by atoms with van der Waals surface area (Å²) in [6, 6.07) is -0.699. The van der Waals surface area contributed by atoms with Gasteiger partial charge in [0.2, 0.25) is 0 Å². The van der Waals surface area contributed by atoms with Gasteiger partial charge in [-0.15, -0.1) is 0 Å². The average molecular weight is 256 g/mol. The van der Waals surface area contributed by atoms with Crippen molar-refractivity contribution < 1.29 is 22.9 Å². The van der Waals surface area contributed by atoms with Gasteiger partial charge in [0.25, 0.3) is 10.1 Å². The highest BCUT2D eigenvalue weighted by Crippen LogP contribution is 2.04. The Balaban J connectivity index is 0. The quantitative estimate of drug-likeness (QED) is 0.475. The fraction of sp³-hybridized carbons (Fsp3) is 0.875. The van der Waals surface area contributed by atoms with Crippen LogP contribution in [0.5, 0.6) is 0 Å². The molecule has 0 amide bonds. The van der Waals surface area contributed by atoms with Gasteiger partial charge in [-0.05, 0) is 5.92 Å². The molecule has 0 aromatic carbocycles. The van der Waals surface area contributed by atoms with Crippen LogP contribution in [0, 0.1) is 5.92 Å². The van der Waals surface area contributed by atoms with E-state index in [9.17, 15) is 13.2 Å². The summed E-state index contributed by atoms with van der Waals surface area (Å²) in [7, 11) is -3.80. The highest BCUT2D eigenvalue weighted by Gasteiger charge is 2.17. The number of aliphatic carboxylic acids is 1. The molecule has 0 saturated carbocycles. The normalized spacial score (nSPS) is 14.6. The maximum absolute atomic E-state index is 10.2. The van der Waals surface area contributed by atoms with E-state index in [-0.39, 0.29) is 18.2 Å². The molecule has 0 bridgehead atoms. The predicted molar refractivity (Wildman–Crippen MR) is 60.5 cm³/mol. The van der Waals surface area contributed by atoms with Crippen LogP contribution in [0.2, 0.25) is 0 Å². The molecule has 16 heavy (non-hydrogen) atoms. The predicted octanol–water partition coefficient (Wildman–Crippen LogP) is -0.723. The van der Waals surface area contributed by atoms with Crippen molar-refractivity contribution in [2.45, 2.75) is 26.3 Å². The molecule has 0 radical (unpaired) electrons. The number of hydrogen-bond donors (Lipinski definition) is 4. The number of carboxylic acids is 1. The Bertz CT molecular complexity index is 291. The molecule has 8 heteroatoms. The van der Waals surface area contributed by atoms with Crippen LogP contribution in [-0.2, 0) is 14.9 Å². The van der Waals surface area contributed by atoms with E-state index in [2.05, 4.69) is 0 Å². The van der Waals surface area contributed by atoms with Gasteiger partial charge in [0.05, 0.1) is 5.75 Å². The lowest BCUT2D eigenvalue weighted by atomic mass is 10.0. The molecule has 0 saturated heterocycles. The highest BCUT2D eigenvalue weighted by atomic mass is 32.2. The van der Waals surface area contributed by atoms with Crippen LogP contribution in [0.3, 0.4) is 0 Å². The SMILES string of the molecule is CCC(C)C(N)C(=O)O.NCCS(=O)(=O)O. The maximum Gasteiger partial charge on any atom is 0.320 e. The molecule has 0 spiro atoms. The Labute approximate surface area is 95.6 Å². The summed E-state index contributed by atoms with van der Waals surface area (Å²) in [4.78, 5) is 10.2. The Morgan fingerprint density at radius 2 is 1.88 bits per heavy atom. The van der Waals surface area contributed by atoms with Crippen LogP contribution in [0.15, 0.2) is 0 Å². The Hall–Kier alpha value is -0.700. The third-order valence-corrected chi connectivity index (χ3v) is 2.67. The van der Waals surface area contributed by atoms with E-state index in [1.54, 1.807) is 0 Å². The van der Waals surface area contributed by atoms with E-state index >= 15 is 0 Å². The van der Waals surface area contributed by atoms with Crippen LogP contribution in [0.25, 0.3) is 0 Å². The van der Waals surface area contributed by atoms with Gasteiger partial charge in [0.1, 0.15) is 6.04 Å². The number of carbonyl (C=O) groups is 1. The zero-order chi connectivity index (χ0) is 13.4. The summed E-state index contributed by atoms with van der Waals surface area (Å²) in [5.41, 5.74) is 10.0. The molecule has 0 fully saturated rings. The third-order valence-electron chi connectivity index (χ3n) is 1.92. The van der Waals surface area contributed by atoms with Crippen LogP contribution < -0.4 is 11.5 Å². The first-order valence-corrected chi connectivity index (χ1v) is 6.40. The molecule has 0 aromatic rings. The second-order valence-corrected chi connectivity index (χ2v) is 4.90. The molecule has 98 valence electrons. The van der Waals surface area contributed by atoms with Gasteiger partial charge in [-0.3, -0.25) is 9.35 Å². The summed E-state index contributed by atoms with van der Waals surface area (Å²) >= 11 is 0. The molecular formula is C8H20N2O5S. The standard InChI is InChI=1S/C6H13NO2.C2H7NO3S/c1-3-4(2)5(7)6(8)9;3-1-2-7(4,5)6/h4-5H,3,7H2,1-2H3,(H,8,9);1-3H2,(H,4,5,6).